The van der Waals surface area contributed by atoms with E-state index in [9.17, 15) is 10.1 Å². The SMILES string of the molecule is CC(C)[C@](C)(C#N)NC(=O)[C@H](C)Sc1nnc(-c2c[nH]c3ccccc23)n1C1CC1. The molecule has 0 unspecified atom stereocenters. The summed E-state index contributed by atoms with van der Waals surface area (Å²) < 4.78 is 2.16. The molecule has 1 aromatic carbocycles. The summed E-state index contributed by atoms with van der Waals surface area (Å²) in [4.78, 5) is 16.1. The number of para-hydroxylation sites is 1. The van der Waals surface area contributed by atoms with Gasteiger partial charge in [0.1, 0.15) is 5.54 Å². The van der Waals surface area contributed by atoms with Crippen LogP contribution in [0.2, 0.25) is 0 Å². The van der Waals surface area contributed by atoms with Crippen molar-refractivity contribution in [1.29, 1.82) is 5.26 Å². The van der Waals surface area contributed by atoms with Crippen molar-refractivity contribution in [3.05, 3.63) is 30.5 Å². The molecule has 4 rings (SSSR count). The first kappa shape index (κ1) is 20.5. The molecular weight excluding hydrogens is 396 g/mol. The van der Waals surface area contributed by atoms with Gasteiger partial charge in [0, 0.05) is 28.7 Å². The van der Waals surface area contributed by atoms with Crippen LogP contribution in [0.1, 0.15) is 46.6 Å². The number of benzene rings is 1. The molecule has 0 radical (unpaired) electrons. The van der Waals surface area contributed by atoms with Crippen LogP contribution in [0.25, 0.3) is 22.3 Å². The molecule has 30 heavy (non-hydrogen) atoms. The second-order valence-corrected chi connectivity index (χ2v) is 9.68. The van der Waals surface area contributed by atoms with E-state index in [2.05, 4.69) is 37.2 Å². The molecule has 2 atom stereocenters. The average molecular weight is 423 g/mol. The summed E-state index contributed by atoms with van der Waals surface area (Å²) in [5, 5.41) is 22.8. The summed E-state index contributed by atoms with van der Waals surface area (Å²) in [5.74, 6) is 0.665. The normalized spacial score (nSPS) is 16.9. The lowest BCUT2D eigenvalue weighted by Crippen LogP contribution is -2.51. The van der Waals surface area contributed by atoms with Crippen molar-refractivity contribution in [3.63, 3.8) is 0 Å². The number of carbonyl (C=O) groups excluding carboxylic acids is 1. The molecule has 2 N–H and O–H groups in total. The Morgan fingerprint density at radius 2 is 2.07 bits per heavy atom. The fraction of sp³-hybridized carbons (Fsp3) is 0.455. The van der Waals surface area contributed by atoms with Gasteiger partial charge in [-0.1, -0.05) is 43.8 Å². The van der Waals surface area contributed by atoms with E-state index in [-0.39, 0.29) is 11.8 Å². The summed E-state index contributed by atoms with van der Waals surface area (Å²) in [6.07, 6.45) is 4.14. The molecule has 0 spiro atoms. The molecule has 1 aliphatic rings. The third kappa shape index (κ3) is 3.70. The molecule has 0 aliphatic heterocycles. The first-order chi connectivity index (χ1) is 14.3. The topological polar surface area (TPSA) is 99.4 Å². The highest BCUT2D eigenvalue weighted by Gasteiger charge is 2.34. The Labute approximate surface area is 180 Å². The van der Waals surface area contributed by atoms with E-state index in [1.807, 2.05) is 45.2 Å². The Balaban J connectivity index is 1.60. The van der Waals surface area contributed by atoms with Crippen LogP contribution >= 0.6 is 11.8 Å². The van der Waals surface area contributed by atoms with E-state index in [4.69, 9.17) is 0 Å². The molecule has 0 bridgehead atoms. The monoisotopic (exact) mass is 422 g/mol. The van der Waals surface area contributed by atoms with Gasteiger partial charge in [0.2, 0.25) is 5.91 Å². The van der Waals surface area contributed by atoms with Crippen LogP contribution in [0.5, 0.6) is 0 Å². The standard InChI is InChI=1S/C22H26N6OS/c1-13(2)22(4,12-23)25-20(29)14(3)30-21-27-26-19(28(21)15-9-10-15)17-11-24-18-8-6-5-7-16(17)18/h5-8,11,13-15,24H,9-10H2,1-4H3,(H,25,29)/t14-,22-/m0/s1. The van der Waals surface area contributed by atoms with E-state index in [1.54, 1.807) is 6.92 Å². The zero-order valence-electron chi connectivity index (χ0n) is 17.6. The number of nitrogens with one attached hydrogen (secondary N) is 2. The van der Waals surface area contributed by atoms with Crippen molar-refractivity contribution in [3.8, 4) is 17.5 Å². The number of H-pyrrole nitrogens is 1. The maximum absolute atomic E-state index is 12.8. The van der Waals surface area contributed by atoms with Crippen LogP contribution < -0.4 is 5.32 Å². The molecular formula is C22H26N6OS. The van der Waals surface area contributed by atoms with Gasteiger partial charge in [-0.3, -0.25) is 9.36 Å². The van der Waals surface area contributed by atoms with Gasteiger partial charge in [0.25, 0.3) is 0 Å². The van der Waals surface area contributed by atoms with Crippen molar-refractivity contribution < 1.29 is 4.79 Å². The van der Waals surface area contributed by atoms with Crippen molar-refractivity contribution in [2.45, 2.75) is 62.5 Å². The number of nitrogens with zero attached hydrogens (tertiary/aromatic N) is 4. The third-order valence-electron chi connectivity index (χ3n) is 5.83. The number of aromatic nitrogens is 4. The Bertz CT molecular complexity index is 1120. The van der Waals surface area contributed by atoms with Gasteiger partial charge in [-0.2, -0.15) is 5.26 Å². The van der Waals surface area contributed by atoms with Crippen LogP contribution in [0, 0.1) is 17.2 Å². The summed E-state index contributed by atoms with van der Waals surface area (Å²) in [6, 6.07) is 10.7. The van der Waals surface area contributed by atoms with E-state index >= 15 is 0 Å². The summed E-state index contributed by atoms with van der Waals surface area (Å²) in [7, 11) is 0. The zero-order valence-corrected chi connectivity index (χ0v) is 18.5. The van der Waals surface area contributed by atoms with Gasteiger partial charge >= 0.3 is 0 Å². The number of fused-ring (bicyclic) bond motifs is 1. The lowest BCUT2D eigenvalue weighted by atomic mass is 9.90. The van der Waals surface area contributed by atoms with Crippen LogP contribution in [0.3, 0.4) is 0 Å². The van der Waals surface area contributed by atoms with Crippen molar-refractivity contribution >= 4 is 28.6 Å². The van der Waals surface area contributed by atoms with E-state index in [0.717, 1.165) is 40.3 Å². The minimum atomic E-state index is -0.898. The summed E-state index contributed by atoms with van der Waals surface area (Å²) in [5.41, 5.74) is 1.18. The Kier molecular flexibility index (Phi) is 5.33. The molecule has 1 saturated carbocycles. The minimum absolute atomic E-state index is 0.00671. The smallest absolute Gasteiger partial charge is 0.234 e. The predicted molar refractivity (Wildman–Crippen MR) is 118 cm³/mol. The highest BCUT2D eigenvalue weighted by atomic mass is 32.2. The highest BCUT2D eigenvalue weighted by molar-refractivity contribution is 8.00. The van der Waals surface area contributed by atoms with Gasteiger partial charge in [-0.15, -0.1) is 10.2 Å². The van der Waals surface area contributed by atoms with Crippen LogP contribution in [-0.2, 0) is 4.79 Å². The van der Waals surface area contributed by atoms with Crippen LogP contribution in [0.4, 0.5) is 0 Å². The lowest BCUT2D eigenvalue weighted by molar-refractivity contribution is -0.121. The van der Waals surface area contributed by atoms with Crippen molar-refractivity contribution in [2.24, 2.45) is 5.92 Å². The maximum Gasteiger partial charge on any atom is 0.234 e. The fourth-order valence-corrected chi connectivity index (χ4v) is 4.25. The van der Waals surface area contributed by atoms with E-state index < -0.39 is 10.8 Å². The number of hydrogen-bond donors (Lipinski definition) is 2. The van der Waals surface area contributed by atoms with Crippen LogP contribution in [-0.4, -0.2) is 36.4 Å². The van der Waals surface area contributed by atoms with E-state index in [0.29, 0.717) is 6.04 Å². The average Bonchev–Trinajstić information content (AvgIpc) is 3.35. The molecule has 2 heterocycles. The van der Waals surface area contributed by atoms with Gasteiger partial charge in [-0.05, 0) is 38.7 Å². The quantitative estimate of drug-likeness (QED) is 0.553. The van der Waals surface area contributed by atoms with Crippen LogP contribution in [0.15, 0.2) is 35.6 Å². The Hall–Kier alpha value is -2.79. The Morgan fingerprint density at radius 1 is 1.33 bits per heavy atom. The molecule has 156 valence electrons. The predicted octanol–water partition coefficient (Wildman–Crippen LogP) is 4.30. The number of amides is 1. The second kappa shape index (κ2) is 7.80. The molecule has 0 saturated heterocycles. The van der Waals surface area contributed by atoms with Gasteiger partial charge in [0.15, 0.2) is 11.0 Å². The van der Waals surface area contributed by atoms with Gasteiger partial charge in [0.05, 0.1) is 11.3 Å². The number of rotatable bonds is 7. The third-order valence-corrected chi connectivity index (χ3v) is 6.88. The highest BCUT2D eigenvalue weighted by Crippen LogP contribution is 2.42. The fourth-order valence-electron chi connectivity index (χ4n) is 3.33. The van der Waals surface area contributed by atoms with Gasteiger partial charge in [-0.25, -0.2) is 0 Å². The number of carbonyl (C=O) groups is 1. The molecule has 2 aromatic heterocycles. The number of hydrogen-bond acceptors (Lipinski definition) is 5. The van der Waals surface area contributed by atoms with Crippen molar-refractivity contribution in [1.82, 2.24) is 25.1 Å². The number of thioether (sulfide) groups is 1. The summed E-state index contributed by atoms with van der Waals surface area (Å²) >= 11 is 1.39. The molecule has 7 nitrogen and oxygen atoms in total. The second-order valence-electron chi connectivity index (χ2n) is 8.37. The molecule has 8 heteroatoms. The maximum atomic E-state index is 12.8. The lowest BCUT2D eigenvalue weighted by Gasteiger charge is -2.28. The summed E-state index contributed by atoms with van der Waals surface area (Å²) in [6.45, 7) is 7.46. The van der Waals surface area contributed by atoms with Gasteiger partial charge < -0.3 is 10.3 Å². The molecule has 1 aliphatic carbocycles. The van der Waals surface area contributed by atoms with E-state index in [1.165, 1.54) is 11.8 Å². The minimum Gasteiger partial charge on any atom is -0.360 e. The Morgan fingerprint density at radius 3 is 2.73 bits per heavy atom. The van der Waals surface area contributed by atoms with Crippen molar-refractivity contribution in [2.75, 3.05) is 0 Å². The molecule has 1 fully saturated rings. The zero-order chi connectivity index (χ0) is 21.5. The first-order valence-electron chi connectivity index (χ1n) is 10.3. The molecule has 1 amide bonds. The largest absolute Gasteiger partial charge is 0.360 e. The number of nitriles is 1. The molecule has 3 aromatic rings. The first-order valence-corrected chi connectivity index (χ1v) is 11.1. The number of aromatic amines is 1.